The molecule has 29 heavy (non-hydrogen) atoms. The summed E-state index contributed by atoms with van der Waals surface area (Å²) in [6.45, 7) is 2.38. The Labute approximate surface area is 171 Å². The van der Waals surface area contributed by atoms with Gasteiger partial charge in [-0.05, 0) is 59.8 Å². The van der Waals surface area contributed by atoms with Gasteiger partial charge in [0.15, 0.2) is 0 Å². The zero-order chi connectivity index (χ0) is 20.6. The summed E-state index contributed by atoms with van der Waals surface area (Å²) in [4.78, 5) is 24.2. The second kappa shape index (κ2) is 9.69. The van der Waals surface area contributed by atoms with Gasteiger partial charge in [0.1, 0.15) is 5.75 Å². The monoisotopic (exact) mass is 412 g/mol. The van der Waals surface area contributed by atoms with Crippen LogP contribution in [-0.2, 0) is 4.79 Å². The first kappa shape index (κ1) is 20.3. The molecule has 0 bridgehead atoms. The van der Waals surface area contributed by atoms with Gasteiger partial charge in [-0.25, -0.2) is 0 Å². The maximum absolute atomic E-state index is 12.3. The summed E-state index contributed by atoms with van der Waals surface area (Å²) in [5, 5.41) is 17.6. The summed E-state index contributed by atoms with van der Waals surface area (Å²) in [6.07, 6.45) is 0. The molecule has 0 atom stereocenters. The van der Waals surface area contributed by atoms with E-state index in [9.17, 15) is 9.59 Å². The van der Waals surface area contributed by atoms with Gasteiger partial charge in [0.2, 0.25) is 11.1 Å². The number of hydrogen-bond donors (Lipinski definition) is 2. The Hall–Kier alpha value is -3.40. The summed E-state index contributed by atoms with van der Waals surface area (Å²) in [5.41, 5.74) is 1.79. The summed E-state index contributed by atoms with van der Waals surface area (Å²) < 4.78 is 6.69. The average Bonchev–Trinajstić information content (AvgIpc) is 3.21. The zero-order valence-electron chi connectivity index (χ0n) is 16.0. The molecule has 0 radical (unpaired) electrons. The van der Waals surface area contributed by atoms with Gasteiger partial charge in [0, 0.05) is 17.8 Å². The highest BCUT2D eigenvalue weighted by atomic mass is 32.2. The fraction of sp³-hybridized carbons (Fsp3) is 0.211. The van der Waals surface area contributed by atoms with Crippen LogP contribution in [0.2, 0.25) is 0 Å². The van der Waals surface area contributed by atoms with Crippen LogP contribution < -0.4 is 15.4 Å². The number of benzene rings is 2. The first-order valence-corrected chi connectivity index (χ1v) is 9.83. The van der Waals surface area contributed by atoms with Gasteiger partial charge in [-0.1, -0.05) is 17.8 Å². The van der Waals surface area contributed by atoms with Crippen LogP contribution in [0, 0.1) is 0 Å². The lowest BCUT2D eigenvalue weighted by molar-refractivity contribution is -0.113. The highest BCUT2D eigenvalue weighted by Crippen LogP contribution is 2.20. The van der Waals surface area contributed by atoms with E-state index in [0.29, 0.717) is 23.0 Å². The highest BCUT2D eigenvalue weighted by Gasteiger charge is 2.13. The lowest BCUT2D eigenvalue weighted by Gasteiger charge is -2.08. The van der Waals surface area contributed by atoms with E-state index >= 15 is 0 Å². The number of anilines is 1. The van der Waals surface area contributed by atoms with Crippen molar-refractivity contribution in [2.75, 3.05) is 24.7 Å². The molecule has 150 valence electrons. The molecule has 1 aromatic heterocycles. The molecule has 0 unspecified atom stereocenters. The van der Waals surface area contributed by atoms with Gasteiger partial charge in [-0.15, -0.1) is 5.10 Å². The number of carbonyl (C=O) groups is 2. The molecule has 2 N–H and O–H groups in total. The largest absolute Gasteiger partial charge is 0.497 e. The predicted octanol–water partition coefficient (Wildman–Crippen LogP) is 2.15. The number of nitrogens with zero attached hydrogens (tertiary/aromatic N) is 4. The van der Waals surface area contributed by atoms with Crippen LogP contribution >= 0.6 is 11.8 Å². The van der Waals surface area contributed by atoms with Crippen molar-refractivity contribution >= 4 is 29.3 Å². The van der Waals surface area contributed by atoms with Crippen molar-refractivity contribution in [1.82, 2.24) is 25.5 Å². The Bertz CT molecular complexity index is 990. The molecular formula is C19H20N6O3S. The lowest BCUT2D eigenvalue weighted by Crippen LogP contribution is -2.23. The van der Waals surface area contributed by atoms with Gasteiger partial charge < -0.3 is 15.4 Å². The van der Waals surface area contributed by atoms with Crippen molar-refractivity contribution in [2.45, 2.75) is 12.1 Å². The Balaban J connectivity index is 1.61. The molecule has 0 fully saturated rings. The number of hydrogen-bond acceptors (Lipinski definition) is 7. The van der Waals surface area contributed by atoms with E-state index < -0.39 is 0 Å². The van der Waals surface area contributed by atoms with Crippen molar-refractivity contribution in [3.63, 3.8) is 0 Å². The summed E-state index contributed by atoms with van der Waals surface area (Å²) >= 11 is 1.21. The van der Waals surface area contributed by atoms with Crippen LogP contribution in [0.15, 0.2) is 53.7 Å². The van der Waals surface area contributed by atoms with E-state index in [1.807, 2.05) is 19.1 Å². The fourth-order valence-corrected chi connectivity index (χ4v) is 3.17. The first-order valence-electron chi connectivity index (χ1n) is 8.84. The molecule has 2 amide bonds. The molecule has 0 aliphatic carbocycles. The molecule has 0 spiro atoms. The number of amides is 2. The number of nitrogens with one attached hydrogen (secondary N) is 2. The van der Waals surface area contributed by atoms with Crippen LogP contribution in [0.25, 0.3) is 5.69 Å². The van der Waals surface area contributed by atoms with E-state index in [4.69, 9.17) is 4.74 Å². The lowest BCUT2D eigenvalue weighted by atomic mass is 10.2. The van der Waals surface area contributed by atoms with E-state index in [0.717, 1.165) is 11.4 Å². The van der Waals surface area contributed by atoms with Gasteiger partial charge in [-0.2, -0.15) is 4.68 Å². The Morgan fingerprint density at radius 2 is 1.97 bits per heavy atom. The summed E-state index contributed by atoms with van der Waals surface area (Å²) in [6, 6.07) is 14.0. The minimum atomic E-state index is -0.229. The standard InChI is InChI=1S/C19H20N6O3S/c1-3-20-18(27)13-5-4-6-14(11-13)21-17(26)12-29-19-22-23-24-25(19)15-7-9-16(28-2)10-8-15/h4-11H,3,12H2,1-2H3,(H,20,27)(H,21,26). The molecule has 0 saturated heterocycles. The van der Waals surface area contributed by atoms with Crippen molar-refractivity contribution in [2.24, 2.45) is 0 Å². The quantitative estimate of drug-likeness (QED) is 0.545. The van der Waals surface area contributed by atoms with Gasteiger partial charge in [-0.3, -0.25) is 9.59 Å². The average molecular weight is 412 g/mol. The minimum absolute atomic E-state index is 0.113. The topological polar surface area (TPSA) is 111 Å². The first-order chi connectivity index (χ1) is 14.1. The van der Waals surface area contributed by atoms with Crippen LogP contribution in [0.5, 0.6) is 5.75 Å². The van der Waals surface area contributed by atoms with E-state index in [-0.39, 0.29) is 17.6 Å². The number of thioether (sulfide) groups is 1. The number of aromatic nitrogens is 4. The van der Waals surface area contributed by atoms with Crippen LogP contribution in [0.1, 0.15) is 17.3 Å². The smallest absolute Gasteiger partial charge is 0.251 e. The third kappa shape index (κ3) is 5.32. The van der Waals surface area contributed by atoms with Crippen molar-refractivity contribution in [3.05, 3.63) is 54.1 Å². The van der Waals surface area contributed by atoms with Gasteiger partial charge in [0.25, 0.3) is 5.91 Å². The minimum Gasteiger partial charge on any atom is -0.497 e. The Kier molecular flexibility index (Phi) is 6.80. The number of rotatable bonds is 8. The SMILES string of the molecule is CCNC(=O)c1cccc(NC(=O)CSc2nnnn2-c2ccc(OC)cc2)c1. The molecule has 2 aromatic carbocycles. The third-order valence-electron chi connectivity index (χ3n) is 3.84. The second-order valence-corrected chi connectivity index (χ2v) is 6.79. The number of tetrazole rings is 1. The molecule has 3 aromatic rings. The van der Waals surface area contributed by atoms with E-state index in [2.05, 4.69) is 26.2 Å². The van der Waals surface area contributed by atoms with Crippen molar-refractivity contribution < 1.29 is 14.3 Å². The number of carbonyl (C=O) groups excluding carboxylic acids is 2. The van der Waals surface area contributed by atoms with Gasteiger partial charge >= 0.3 is 0 Å². The van der Waals surface area contributed by atoms with E-state index in [1.54, 1.807) is 48.2 Å². The molecule has 3 rings (SSSR count). The molecule has 0 saturated carbocycles. The Morgan fingerprint density at radius 1 is 1.17 bits per heavy atom. The van der Waals surface area contributed by atoms with Crippen LogP contribution in [-0.4, -0.2) is 51.4 Å². The molecule has 10 heteroatoms. The van der Waals surface area contributed by atoms with Crippen molar-refractivity contribution in [3.8, 4) is 11.4 Å². The molecule has 0 aliphatic heterocycles. The number of ether oxygens (including phenoxy) is 1. The second-order valence-electron chi connectivity index (χ2n) is 5.85. The van der Waals surface area contributed by atoms with Crippen LogP contribution in [0.4, 0.5) is 5.69 Å². The number of methoxy groups -OCH3 is 1. The summed E-state index contributed by atoms with van der Waals surface area (Å²) in [7, 11) is 1.60. The molecule has 0 aliphatic rings. The fourth-order valence-electron chi connectivity index (χ4n) is 2.48. The van der Waals surface area contributed by atoms with Gasteiger partial charge in [0.05, 0.1) is 18.6 Å². The molecule has 1 heterocycles. The maximum atomic E-state index is 12.3. The Morgan fingerprint density at radius 3 is 2.69 bits per heavy atom. The predicted molar refractivity (Wildman–Crippen MR) is 110 cm³/mol. The third-order valence-corrected chi connectivity index (χ3v) is 4.76. The molecular weight excluding hydrogens is 392 g/mol. The van der Waals surface area contributed by atoms with E-state index in [1.165, 1.54) is 11.8 Å². The van der Waals surface area contributed by atoms with Crippen LogP contribution in [0.3, 0.4) is 0 Å². The normalized spacial score (nSPS) is 10.4. The zero-order valence-corrected chi connectivity index (χ0v) is 16.8. The maximum Gasteiger partial charge on any atom is 0.251 e. The highest BCUT2D eigenvalue weighted by molar-refractivity contribution is 7.99. The molecule has 9 nitrogen and oxygen atoms in total. The van der Waals surface area contributed by atoms with Crippen molar-refractivity contribution in [1.29, 1.82) is 0 Å². The summed E-state index contributed by atoms with van der Waals surface area (Å²) in [5.74, 6) is 0.427.